The minimum atomic E-state index is -0.326. The molecule has 1 aromatic rings. The van der Waals surface area contributed by atoms with Crippen molar-refractivity contribution in [1.29, 1.82) is 0 Å². The van der Waals surface area contributed by atoms with Gasteiger partial charge < -0.3 is 14.7 Å². The number of aliphatic hydroxyl groups excluding tert-OH is 1. The number of pyridine rings is 1. The Morgan fingerprint density at radius 2 is 2.15 bits per heavy atom. The first-order chi connectivity index (χ1) is 9.76. The fraction of sp³-hybridized carbons (Fsp3) is 0.571. The standard InChI is InChI=1S/C14H21N3O3/c1-2-20-14(19)12-4-3-5-15-13(12)17-8-6-16(7-9-17)10-11-18/h3-5,18H,2,6-11H2,1H3. The van der Waals surface area contributed by atoms with E-state index in [0.717, 1.165) is 26.2 Å². The summed E-state index contributed by atoms with van der Waals surface area (Å²) in [5.74, 6) is 0.364. The Hall–Kier alpha value is -1.66. The monoisotopic (exact) mass is 279 g/mol. The molecule has 0 bridgehead atoms. The molecule has 0 saturated carbocycles. The number of hydrogen-bond acceptors (Lipinski definition) is 6. The third-order valence-electron chi connectivity index (χ3n) is 3.37. The summed E-state index contributed by atoms with van der Waals surface area (Å²) in [7, 11) is 0. The minimum Gasteiger partial charge on any atom is -0.462 e. The third kappa shape index (κ3) is 3.46. The quantitative estimate of drug-likeness (QED) is 0.786. The molecule has 1 fully saturated rings. The van der Waals surface area contributed by atoms with Crippen molar-refractivity contribution in [3.8, 4) is 0 Å². The summed E-state index contributed by atoms with van der Waals surface area (Å²) in [6, 6.07) is 3.50. The molecule has 0 radical (unpaired) electrons. The van der Waals surface area contributed by atoms with E-state index in [0.29, 0.717) is 24.5 Å². The van der Waals surface area contributed by atoms with Gasteiger partial charge in [0.05, 0.1) is 13.2 Å². The molecular weight excluding hydrogens is 258 g/mol. The lowest BCUT2D eigenvalue weighted by atomic mass is 10.2. The Morgan fingerprint density at radius 1 is 1.40 bits per heavy atom. The van der Waals surface area contributed by atoms with Crippen LogP contribution in [0.5, 0.6) is 0 Å². The van der Waals surface area contributed by atoms with Gasteiger partial charge in [-0.1, -0.05) is 0 Å². The van der Waals surface area contributed by atoms with Crippen molar-refractivity contribution < 1.29 is 14.6 Å². The van der Waals surface area contributed by atoms with E-state index in [1.54, 1.807) is 25.3 Å². The molecule has 6 heteroatoms. The van der Waals surface area contributed by atoms with Gasteiger partial charge in [-0.15, -0.1) is 0 Å². The zero-order chi connectivity index (χ0) is 14.4. The Bertz CT molecular complexity index is 445. The Balaban J connectivity index is 2.08. The number of aliphatic hydroxyl groups is 1. The first-order valence-electron chi connectivity index (χ1n) is 6.96. The van der Waals surface area contributed by atoms with E-state index in [9.17, 15) is 4.79 Å². The molecule has 0 aromatic carbocycles. The Kier molecular flexibility index (Phi) is 5.31. The highest BCUT2D eigenvalue weighted by atomic mass is 16.5. The molecule has 1 aliphatic heterocycles. The summed E-state index contributed by atoms with van der Waals surface area (Å²) >= 11 is 0. The first kappa shape index (κ1) is 14.7. The van der Waals surface area contributed by atoms with Crippen LogP contribution in [-0.4, -0.2) is 66.9 Å². The van der Waals surface area contributed by atoms with Gasteiger partial charge in [-0.05, 0) is 19.1 Å². The zero-order valence-electron chi connectivity index (χ0n) is 11.8. The lowest BCUT2D eigenvalue weighted by Gasteiger charge is -2.35. The summed E-state index contributed by atoms with van der Waals surface area (Å²) in [4.78, 5) is 20.6. The van der Waals surface area contributed by atoms with Crippen molar-refractivity contribution >= 4 is 11.8 Å². The molecule has 0 amide bonds. The average Bonchev–Trinajstić information content (AvgIpc) is 2.49. The van der Waals surface area contributed by atoms with Gasteiger partial charge in [-0.25, -0.2) is 9.78 Å². The Labute approximate surface area is 119 Å². The van der Waals surface area contributed by atoms with Gasteiger partial charge in [0.1, 0.15) is 11.4 Å². The van der Waals surface area contributed by atoms with Crippen LogP contribution in [0.4, 0.5) is 5.82 Å². The second kappa shape index (κ2) is 7.21. The van der Waals surface area contributed by atoms with Crippen LogP contribution in [0.3, 0.4) is 0 Å². The number of esters is 1. The summed E-state index contributed by atoms with van der Waals surface area (Å²) < 4.78 is 5.07. The van der Waals surface area contributed by atoms with Crippen molar-refractivity contribution in [1.82, 2.24) is 9.88 Å². The molecule has 20 heavy (non-hydrogen) atoms. The van der Waals surface area contributed by atoms with Crippen LogP contribution in [0, 0.1) is 0 Å². The fourth-order valence-electron chi connectivity index (χ4n) is 2.34. The maximum atomic E-state index is 11.9. The number of ether oxygens (including phenoxy) is 1. The normalized spacial score (nSPS) is 16.2. The van der Waals surface area contributed by atoms with Gasteiger partial charge in [0.25, 0.3) is 0 Å². The van der Waals surface area contributed by atoms with Crippen molar-refractivity contribution in [2.75, 3.05) is 50.8 Å². The molecule has 2 heterocycles. The van der Waals surface area contributed by atoms with Crippen LogP contribution in [0.1, 0.15) is 17.3 Å². The van der Waals surface area contributed by atoms with Gasteiger partial charge in [0, 0.05) is 38.9 Å². The number of nitrogens with zero attached hydrogens (tertiary/aromatic N) is 3. The molecule has 0 unspecified atom stereocenters. The summed E-state index contributed by atoms with van der Waals surface area (Å²) in [5.41, 5.74) is 0.518. The van der Waals surface area contributed by atoms with Gasteiger partial charge in [0.2, 0.25) is 0 Å². The highest BCUT2D eigenvalue weighted by Gasteiger charge is 2.22. The number of carbonyl (C=O) groups is 1. The van der Waals surface area contributed by atoms with Gasteiger partial charge in [-0.3, -0.25) is 4.90 Å². The van der Waals surface area contributed by atoms with E-state index < -0.39 is 0 Å². The first-order valence-corrected chi connectivity index (χ1v) is 6.96. The summed E-state index contributed by atoms with van der Waals surface area (Å²) in [5, 5.41) is 8.95. The van der Waals surface area contributed by atoms with Crippen molar-refractivity contribution in [3.05, 3.63) is 23.9 Å². The fourth-order valence-corrected chi connectivity index (χ4v) is 2.34. The topological polar surface area (TPSA) is 65.9 Å². The molecule has 1 aliphatic rings. The van der Waals surface area contributed by atoms with E-state index in [2.05, 4.69) is 14.8 Å². The molecular formula is C14H21N3O3. The molecule has 2 rings (SSSR count). The molecule has 0 atom stereocenters. The SMILES string of the molecule is CCOC(=O)c1cccnc1N1CCN(CCO)CC1. The summed E-state index contributed by atoms with van der Waals surface area (Å²) in [6.45, 7) is 6.34. The van der Waals surface area contributed by atoms with Gasteiger partial charge in [0.15, 0.2) is 0 Å². The largest absolute Gasteiger partial charge is 0.462 e. The molecule has 110 valence electrons. The highest BCUT2D eigenvalue weighted by Crippen LogP contribution is 2.19. The molecule has 0 spiro atoms. The van der Waals surface area contributed by atoms with Crippen LogP contribution in [0.25, 0.3) is 0 Å². The molecule has 1 saturated heterocycles. The van der Waals surface area contributed by atoms with Crippen molar-refractivity contribution in [2.45, 2.75) is 6.92 Å². The maximum Gasteiger partial charge on any atom is 0.341 e. The molecule has 1 N–H and O–H groups in total. The van der Waals surface area contributed by atoms with Gasteiger partial charge >= 0.3 is 5.97 Å². The van der Waals surface area contributed by atoms with Crippen molar-refractivity contribution in [2.24, 2.45) is 0 Å². The van der Waals surface area contributed by atoms with E-state index in [1.807, 2.05) is 0 Å². The summed E-state index contributed by atoms with van der Waals surface area (Å²) in [6.07, 6.45) is 1.69. The number of β-amino-alcohol motifs (C(OH)–C–C–N with tert-alkyl or cyclic N) is 1. The highest BCUT2D eigenvalue weighted by molar-refractivity contribution is 5.94. The number of anilines is 1. The van der Waals surface area contributed by atoms with E-state index in [-0.39, 0.29) is 12.6 Å². The van der Waals surface area contributed by atoms with E-state index >= 15 is 0 Å². The number of hydrogen-bond donors (Lipinski definition) is 1. The molecule has 6 nitrogen and oxygen atoms in total. The average molecular weight is 279 g/mol. The van der Waals surface area contributed by atoms with Crippen LogP contribution in [0.15, 0.2) is 18.3 Å². The van der Waals surface area contributed by atoms with E-state index in [4.69, 9.17) is 9.84 Å². The Morgan fingerprint density at radius 3 is 2.80 bits per heavy atom. The smallest absolute Gasteiger partial charge is 0.341 e. The third-order valence-corrected chi connectivity index (χ3v) is 3.37. The molecule has 1 aromatic heterocycles. The van der Waals surface area contributed by atoms with E-state index in [1.165, 1.54) is 0 Å². The second-order valence-corrected chi connectivity index (χ2v) is 4.65. The van der Waals surface area contributed by atoms with Crippen LogP contribution < -0.4 is 4.90 Å². The van der Waals surface area contributed by atoms with Crippen LogP contribution in [-0.2, 0) is 4.74 Å². The lowest BCUT2D eigenvalue weighted by molar-refractivity contribution is 0.0526. The van der Waals surface area contributed by atoms with Gasteiger partial charge in [-0.2, -0.15) is 0 Å². The minimum absolute atomic E-state index is 0.178. The predicted octanol–water partition coefficient (Wildman–Crippen LogP) is 0.373. The van der Waals surface area contributed by atoms with Crippen LogP contribution in [0.2, 0.25) is 0 Å². The maximum absolute atomic E-state index is 11.9. The molecule has 0 aliphatic carbocycles. The number of aromatic nitrogens is 1. The number of rotatable bonds is 5. The number of carbonyl (C=O) groups excluding carboxylic acids is 1. The lowest BCUT2D eigenvalue weighted by Crippen LogP contribution is -2.47. The predicted molar refractivity (Wildman–Crippen MR) is 75.9 cm³/mol. The van der Waals surface area contributed by atoms with Crippen LogP contribution >= 0.6 is 0 Å². The number of piperazine rings is 1. The second-order valence-electron chi connectivity index (χ2n) is 4.65. The zero-order valence-corrected chi connectivity index (χ0v) is 11.8. The van der Waals surface area contributed by atoms with Crippen molar-refractivity contribution in [3.63, 3.8) is 0 Å².